The number of benzene rings is 1. The van der Waals surface area contributed by atoms with E-state index in [2.05, 4.69) is 47.4 Å². The second kappa shape index (κ2) is 5.01. The van der Waals surface area contributed by atoms with Gasteiger partial charge in [0.1, 0.15) is 0 Å². The Kier molecular flexibility index (Phi) is 3.73. The predicted molar refractivity (Wildman–Crippen MR) is 75.6 cm³/mol. The number of tetrazole rings is 1. The number of carbonyl (C=O) groups is 1. The fourth-order valence-corrected chi connectivity index (χ4v) is 2.28. The van der Waals surface area contributed by atoms with Gasteiger partial charge in [-0.15, -0.1) is 5.10 Å². The molecular formula is C11H10Br2N4O2. The van der Waals surface area contributed by atoms with Crippen molar-refractivity contribution >= 4 is 37.8 Å². The smallest absolute Gasteiger partial charge is 0.331 e. The number of nitrogens with zero attached hydrogens (tertiary/aromatic N) is 4. The number of rotatable bonds is 3. The zero-order valence-electron chi connectivity index (χ0n) is 10.1. The number of hydrogen-bond acceptors (Lipinski definition) is 4. The number of aromatic nitrogens is 4. The van der Waals surface area contributed by atoms with Crippen molar-refractivity contribution in [3.8, 4) is 11.4 Å². The van der Waals surface area contributed by atoms with Crippen molar-refractivity contribution in [3.05, 3.63) is 27.1 Å². The van der Waals surface area contributed by atoms with Crippen LogP contribution in [0.2, 0.25) is 0 Å². The Hall–Kier alpha value is -1.28. The first-order valence-electron chi connectivity index (χ1n) is 5.31. The van der Waals surface area contributed by atoms with Crippen molar-refractivity contribution in [1.29, 1.82) is 0 Å². The maximum atomic E-state index is 11.3. The topological polar surface area (TPSA) is 80.9 Å². The summed E-state index contributed by atoms with van der Waals surface area (Å²) < 4.78 is 2.93. The van der Waals surface area contributed by atoms with Crippen LogP contribution in [0.3, 0.4) is 0 Å². The number of aliphatic carboxylic acids is 1. The molecule has 0 bridgehead atoms. The average Bonchev–Trinajstić information content (AvgIpc) is 2.81. The van der Waals surface area contributed by atoms with Gasteiger partial charge in [0.25, 0.3) is 0 Å². The minimum Gasteiger partial charge on any atom is -0.479 e. The van der Waals surface area contributed by atoms with Gasteiger partial charge in [0.2, 0.25) is 0 Å². The third kappa shape index (κ3) is 2.55. The SMILES string of the molecule is CC(C)(C(=O)O)n1nnnc1-c1cc(Br)ccc1Br. The zero-order valence-corrected chi connectivity index (χ0v) is 13.3. The van der Waals surface area contributed by atoms with E-state index < -0.39 is 11.5 Å². The lowest BCUT2D eigenvalue weighted by Gasteiger charge is -2.20. The van der Waals surface area contributed by atoms with Gasteiger partial charge in [0, 0.05) is 14.5 Å². The van der Waals surface area contributed by atoms with Gasteiger partial charge in [-0.1, -0.05) is 31.9 Å². The van der Waals surface area contributed by atoms with Gasteiger partial charge in [-0.25, -0.2) is 9.48 Å². The monoisotopic (exact) mass is 388 g/mol. The molecule has 0 radical (unpaired) electrons. The first-order valence-corrected chi connectivity index (χ1v) is 6.90. The van der Waals surface area contributed by atoms with Crippen molar-refractivity contribution in [2.45, 2.75) is 19.4 Å². The van der Waals surface area contributed by atoms with Crippen LogP contribution in [0.4, 0.5) is 0 Å². The van der Waals surface area contributed by atoms with Crippen LogP contribution in [-0.4, -0.2) is 31.3 Å². The lowest BCUT2D eigenvalue weighted by molar-refractivity contribution is -0.146. The quantitative estimate of drug-likeness (QED) is 0.872. The highest BCUT2D eigenvalue weighted by molar-refractivity contribution is 9.11. The number of carboxylic acid groups (broad SMARTS) is 1. The highest BCUT2D eigenvalue weighted by Gasteiger charge is 2.34. The zero-order chi connectivity index (χ0) is 14.2. The molecule has 0 unspecified atom stereocenters. The third-order valence-corrected chi connectivity index (χ3v) is 3.88. The van der Waals surface area contributed by atoms with Crippen molar-refractivity contribution in [1.82, 2.24) is 20.2 Å². The lowest BCUT2D eigenvalue weighted by Crippen LogP contribution is -2.37. The van der Waals surface area contributed by atoms with Gasteiger partial charge < -0.3 is 5.11 Å². The van der Waals surface area contributed by atoms with E-state index in [1.807, 2.05) is 18.2 Å². The summed E-state index contributed by atoms with van der Waals surface area (Å²) in [7, 11) is 0. The standard InChI is InChI=1S/C11H10Br2N4O2/c1-11(2,10(18)19)17-9(14-15-16-17)7-5-6(12)3-4-8(7)13/h3-5H,1-2H3,(H,18,19). The molecule has 0 saturated heterocycles. The predicted octanol–water partition coefficient (Wildman–Crippen LogP) is 2.68. The van der Waals surface area contributed by atoms with Gasteiger partial charge in [0.05, 0.1) is 0 Å². The summed E-state index contributed by atoms with van der Waals surface area (Å²) in [5, 5.41) is 20.6. The van der Waals surface area contributed by atoms with Crippen LogP contribution in [-0.2, 0) is 10.3 Å². The van der Waals surface area contributed by atoms with Gasteiger partial charge in [0.15, 0.2) is 11.4 Å². The summed E-state index contributed by atoms with van der Waals surface area (Å²) in [6.07, 6.45) is 0. The van der Waals surface area contributed by atoms with Crippen LogP contribution >= 0.6 is 31.9 Å². The average molecular weight is 390 g/mol. The molecular weight excluding hydrogens is 380 g/mol. The fraction of sp³-hybridized carbons (Fsp3) is 0.273. The molecule has 100 valence electrons. The molecule has 19 heavy (non-hydrogen) atoms. The first kappa shape index (κ1) is 14.1. The molecule has 0 spiro atoms. The molecule has 0 aliphatic carbocycles. The number of hydrogen-bond donors (Lipinski definition) is 1. The Morgan fingerprint density at radius 3 is 2.68 bits per heavy atom. The summed E-state index contributed by atoms with van der Waals surface area (Å²) in [6, 6.07) is 5.53. The van der Waals surface area contributed by atoms with E-state index in [4.69, 9.17) is 0 Å². The van der Waals surface area contributed by atoms with Crippen molar-refractivity contribution in [3.63, 3.8) is 0 Å². The first-order chi connectivity index (χ1) is 8.84. The van der Waals surface area contributed by atoms with E-state index in [1.165, 1.54) is 4.68 Å². The molecule has 0 amide bonds. The van der Waals surface area contributed by atoms with Crippen molar-refractivity contribution in [2.24, 2.45) is 0 Å². The van der Waals surface area contributed by atoms with E-state index in [1.54, 1.807) is 13.8 Å². The number of halogens is 2. The summed E-state index contributed by atoms with van der Waals surface area (Å²) in [4.78, 5) is 11.3. The molecule has 1 heterocycles. The molecule has 2 aromatic rings. The highest BCUT2D eigenvalue weighted by atomic mass is 79.9. The minimum atomic E-state index is -1.24. The molecule has 0 saturated carbocycles. The van der Waals surface area contributed by atoms with Crippen LogP contribution in [0.15, 0.2) is 27.1 Å². The summed E-state index contributed by atoms with van der Waals surface area (Å²) in [6.45, 7) is 3.09. The van der Waals surface area contributed by atoms with E-state index in [0.29, 0.717) is 11.4 Å². The van der Waals surface area contributed by atoms with Crippen molar-refractivity contribution < 1.29 is 9.90 Å². The third-order valence-electron chi connectivity index (χ3n) is 2.69. The molecule has 0 fully saturated rings. The molecule has 8 heteroatoms. The lowest BCUT2D eigenvalue weighted by atomic mass is 10.1. The summed E-state index contributed by atoms with van der Waals surface area (Å²) in [5.41, 5.74) is -0.519. The molecule has 1 aromatic carbocycles. The molecule has 6 nitrogen and oxygen atoms in total. The maximum absolute atomic E-state index is 11.3. The summed E-state index contributed by atoms with van der Waals surface area (Å²) >= 11 is 6.78. The second-order valence-electron chi connectivity index (χ2n) is 4.40. The Morgan fingerprint density at radius 2 is 2.05 bits per heavy atom. The van der Waals surface area contributed by atoms with Crippen LogP contribution < -0.4 is 0 Å². The van der Waals surface area contributed by atoms with E-state index in [9.17, 15) is 9.90 Å². The molecule has 0 aliphatic heterocycles. The Balaban J connectivity index is 2.63. The van der Waals surface area contributed by atoms with Crippen molar-refractivity contribution in [2.75, 3.05) is 0 Å². The highest BCUT2D eigenvalue weighted by Crippen LogP contribution is 2.31. The van der Waals surface area contributed by atoms with E-state index in [0.717, 1.165) is 8.95 Å². The normalized spacial score (nSPS) is 11.6. The van der Waals surface area contributed by atoms with Crippen LogP contribution in [0.1, 0.15) is 13.8 Å². The molecule has 1 aromatic heterocycles. The molecule has 0 aliphatic rings. The maximum Gasteiger partial charge on any atom is 0.331 e. The van der Waals surface area contributed by atoms with Crippen LogP contribution in [0, 0.1) is 0 Å². The summed E-state index contributed by atoms with van der Waals surface area (Å²) in [5.74, 6) is -0.618. The second-order valence-corrected chi connectivity index (χ2v) is 6.17. The Bertz CT molecular complexity index is 639. The van der Waals surface area contributed by atoms with Gasteiger partial charge >= 0.3 is 5.97 Å². The molecule has 0 atom stereocenters. The fourth-order valence-electron chi connectivity index (χ4n) is 1.49. The van der Waals surface area contributed by atoms with Gasteiger partial charge in [-0.2, -0.15) is 0 Å². The Morgan fingerprint density at radius 1 is 1.37 bits per heavy atom. The number of carboxylic acids is 1. The Labute approximate surface area is 126 Å². The molecule has 2 rings (SSSR count). The van der Waals surface area contributed by atoms with Gasteiger partial charge in [-0.3, -0.25) is 0 Å². The minimum absolute atomic E-state index is 0.389. The van der Waals surface area contributed by atoms with Gasteiger partial charge in [-0.05, 0) is 42.5 Å². The van der Waals surface area contributed by atoms with E-state index >= 15 is 0 Å². The van der Waals surface area contributed by atoms with E-state index in [-0.39, 0.29) is 0 Å². The molecule has 1 N–H and O–H groups in total. The largest absolute Gasteiger partial charge is 0.479 e. The van der Waals surface area contributed by atoms with Crippen LogP contribution in [0.25, 0.3) is 11.4 Å². The van der Waals surface area contributed by atoms with Crippen LogP contribution in [0.5, 0.6) is 0 Å².